The standard InChI is InChI=1S/C14H12ClNS/c1-9-12(5-7-17-9)14-13-8-11(15)3-2-10(13)4-6-16-14/h2-8,14,16H,1H3/t14-/m0/s1. The number of rotatable bonds is 1. The van der Waals surface area contributed by atoms with Crippen molar-refractivity contribution in [3.63, 3.8) is 0 Å². The van der Waals surface area contributed by atoms with Crippen molar-refractivity contribution < 1.29 is 0 Å². The van der Waals surface area contributed by atoms with Gasteiger partial charge in [0.1, 0.15) is 0 Å². The molecule has 0 bridgehead atoms. The van der Waals surface area contributed by atoms with Crippen LogP contribution in [0, 0.1) is 6.92 Å². The summed E-state index contributed by atoms with van der Waals surface area (Å²) in [6.07, 6.45) is 4.10. The zero-order chi connectivity index (χ0) is 11.8. The molecule has 0 aliphatic carbocycles. The third kappa shape index (κ3) is 1.88. The van der Waals surface area contributed by atoms with E-state index in [1.807, 2.05) is 12.3 Å². The number of fused-ring (bicyclic) bond motifs is 1. The SMILES string of the molecule is Cc1sccc1[C@@H]1NC=Cc2ccc(Cl)cc21. The van der Waals surface area contributed by atoms with E-state index in [2.05, 4.69) is 41.9 Å². The van der Waals surface area contributed by atoms with E-state index in [0.29, 0.717) is 0 Å². The van der Waals surface area contributed by atoms with Crippen LogP contribution in [0.25, 0.3) is 6.08 Å². The van der Waals surface area contributed by atoms with E-state index in [4.69, 9.17) is 11.6 Å². The van der Waals surface area contributed by atoms with Gasteiger partial charge in [-0.25, -0.2) is 0 Å². The molecule has 1 aromatic heterocycles. The lowest BCUT2D eigenvalue weighted by Gasteiger charge is -2.24. The Morgan fingerprint density at radius 1 is 1.24 bits per heavy atom. The molecule has 0 radical (unpaired) electrons. The summed E-state index contributed by atoms with van der Waals surface area (Å²) in [6.45, 7) is 2.16. The maximum atomic E-state index is 6.09. The Morgan fingerprint density at radius 3 is 2.88 bits per heavy atom. The van der Waals surface area contributed by atoms with Crippen LogP contribution in [-0.4, -0.2) is 0 Å². The van der Waals surface area contributed by atoms with Crippen LogP contribution in [0.5, 0.6) is 0 Å². The van der Waals surface area contributed by atoms with E-state index in [1.54, 1.807) is 11.3 Å². The van der Waals surface area contributed by atoms with Crippen molar-refractivity contribution >= 4 is 29.0 Å². The van der Waals surface area contributed by atoms with Crippen molar-refractivity contribution in [3.05, 3.63) is 62.4 Å². The summed E-state index contributed by atoms with van der Waals surface area (Å²) in [5, 5.41) is 6.34. The number of thiophene rings is 1. The Balaban J connectivity index is 2.14. The van der Waals surface area contributed by atoms with Gasteiger partial charge in [0.05, 0.1) is 6.04 Å². The minimum Gasteiger partial charge on any atom is -0.380 e. The van der Waals surface area contributed by atoms with Crippen molar-refractivity contribution in [2.75, 3.05) is 0 Å². The maximum Gasteiger partial charge on any atom is 0.0779 e. The van der Waals surface area contributed by atoms with E-state index in [0.717, 1.165) is 5.02 Å². The Hall–Kier alpha value is -1.25. The van der Waals surface area contributed by atoms with Crippen molar-refractivity contribution in [1.82, 2.24) is 5.32 Å². The molecule has 1 nitrogen and oxygen atoms in total. The molecule has 86 valence electrons. The van der Waals surface area contributed by atoms with Crippen LogP contribution >= 0.6 is 22.9 Å². The van der Waals surface area contributed by atoms with Gasteiger partial charge in [-0.15, -0.1) is 11.3 Å². The van der Waals surface area contributed by atoms with E-state index in [1.165, 1.54) is 21.6 Å². The zero-order valence-electron chi connectivity index (χ0n) is 9.41. The van der Waals surface area contributed by atoms with Gasteiger partial charge in [0.2, 0.25) is 0 Å². The lowest BCUT2D eigenvalue weighted by atomic mass is 9.93. The molecular formula is C14H12ClNS. The molecule has 3 rings (SSSR count). The summed E-state index contributed by atoms with van der Waals surface area (Å²) in [5.41, 5.74) is 3.83. The van der Waals surface area contributed by atoms with Crippen molar-refractivity contribution in [3.8, 4) is 0 Å². The predicted molar refractivity (Wildman–Crippen MR) is 74.5 cm³/mol. The van der Waals surface area contributed by atoms with Gasteiger partial charge >= 0.3 is 0 Å². The molecule has 1 aliphatic heterocycles. The normalized spacial score (nSPS) is 17.6. The fourth-order valence-electron chi connectivity index (χ4n) is 2.22. The van der Waals surface area contributed by atoms with Gasteiger partial charge in [-0.1, -0.05) is 17.7 Å². The Kier molecular flexibility index (Phi) is 2.69. The van der Waals surface area contributed by atoms with Crippen LogP contribution in [0.1, 0.15) is 27.6 Å². The summed E-state index contributed by atoms with van der Waals surface area (Å²) in [5.74, 6) is 0. The second kappa shape index (κ2) is 4.21. The van der Waals surface area contributed by atoms with Crippen molar-refractivity contribution in [2.24, 2.45) is 0 Å². The molecule has 3 heteroatoms. The van der Waals surface area contributed by atoms with Crippen molar-refractivity contribution in [1.29, 1.82) is 0 Å². The maximum absolute atomic E-state index is 6.09. The molecule has 0 fully saturated rings. The molecule has 0 saturated heterocycles. The highest BCUT2D eigenvalue weighted by atomic mass is 35.5. The minimum atomic E-state index is 0.222. The van der Waals surface area contributed by atoms with Gasteiger partial charge in [0.25, 0.3) is 0 Å². The summed E-state index contributed by atoms with van der Waals surface area (Å²) in [7, 11) is 0. The van der Waals surface area contributed by atoms with E-state index >= 15 is 0 Å². The van der Waals surface area contributed by atoms with Crippen LogP contribution in [0.15, 0.2) is 35.8 Å². The first-order chi connectivity index (χ1) is 8.25. The summed E-state index contributed by atoms with van der Waals surface area (Å²) >= 11 is 7.87. The monoisotopic (exact) mass is 261 g/mol. The molecule has 0 amide bonds. The molecule has 17 heavy (non-hydrogen) atoms. The van der Waals surface area contributed by atoms with Crippen molar-refractivity contribution in [2.45, 2.75) is 13.0 Å². The first-order valence-corrected chi connectivity index (χ1v) is 6.77. The average Bonchev–Trinajstić information content (AvgIpc) is 2.74. The molecule has 0 unspecified atom stereocenters. The molecular weight excluding hydrogens is 250 g/mol. The van der Waals surface area contributed by atoms with Gasteiger partial charge in [-0.2, -0.15) is 0 Å². The fourth-order valence-corrected chi connectivity index (χ4v) is 3.14. The summed E-state index contributed by atoms with van der Waals surface area (Å²) in [4.78, 5) is 1.35. The van der Waals surface area contributed by atoms with Gasteiger partial charge < -0.3 is 5.32 Å². The topological polar surface area (TPSA) is 12.0 Å². The van der Waals surface area contributed by atoms with Crippen LogP contribution in [0.2, 0.25) is 5.02 Å². The highest BCUT2D eigenvalue weighted by Crippen LogP contribution is 2.34. The summed E-state index contributed by atoms with van der Waals surface area (Å²) < 4.78 is 0. The smallest absolute Gasteiger partial charge is 0.0779 e. The molecule has 2 aromatic rings. The number of aryl methyl sites for hydroxylation is 1. The third-order valence-corrected chi connectivity index (χ3v) is 4.19. The van der Waals surface area contributed by atoms with E-state index < -0.39 is 0 Å². The van der Waals surface area contributed by atoms with Gasteiger partial charge in [-0.3, -0.25) is 0 Å². The molecule has 1 atom stereocenters. The minimum absolute atomic E-state index is 0.222. The first kappa shape index (κ1) is 10.9. The largest absolute Gasteiger partial charge is 0.380 e. The van der Waals surface area contributed by atoms with Gasteiger partial charge in [0.15, 0.2) is 0 Å². The number of hydrogen-bond acceptors (Lipinski definition) is 2. The Labute approximate surface area is 110 Å². The number of halogens is 1. The Morgan fingerprint density at radius 2 is 2.12 bits per heavy atom. The summed E-state index contributed by atoms with van der Waals surface area (Å²) in [6, 6.07) is 8.47. The first-order valence-electron chi connectivity index (χ1n) is 5.52. The highest BCUT2D eigenvalue weighted by Gasteiger charge is 2.20. The molecule has 2 heterocycles. The zero-order valence-corrected chi connectivity index (χ0v) is 11.0. The number of benzene rings is 1. The Bertz CT molecular complexity index is 586. The highest BCUT2D eigenvalue weighted by molar-refractivity contribution is 7.10. The predicted octanol–water partition coefficient (Wildman–Crippen LogP) is 4.37. The quantitative estimate of drug-likeness (QED) is 0.804. The molecule has 1 aromatic carbocycles. The van der Waals surface area contributed by atoms with Gasteiger partial charge in [0, 0.05) is 9.90 Å². The molecule has 1 aliphatic rings. The fraction of sp³-hybridized carbons (Fsp3) is 0.143. The van der Waals surface area contributed by atoms with Crippen LogP contribution in [0.3, 0.4) is 0 Å². The number of nitrogens with one attached hydrogen (secondary N) is 1. The third-order valence-electron chi connectivity index (χ3n) is 3.10. The van der Waals surface area contributed by atoms with E-state index in [9.17, 15) is 0 Å². The van der Waals surface area contributed by atoms with Crippen LogP contribution < -0.4 is 5.32 Å². The lowest BCUT2D eigenvalue weighted by molar-refractivity contribution is 0.720. The second-order valence-electron chi connectivity index (χ2n) is 4.14. The second-order valence-corrected chi connectivity index (χ2v) is 5.70. The average molecular weight is 262 g/mol. The lowest BCUT2D eigenvalue weighted by Crippen LogP contribution is -2.20. The van der Waals surface area contributed by atoms with Crippen LogP contribution in [0.4, 0.5) is 0 Å². The van der Waals surface area contributed by atoms with Gasteiger partial charge in [-0.05, 0) is 59.5 Å². The van der Waals surface area contributed by atoms with Crippen LogP contribution in [-0.2, 0) is 0 Å². The van der Waals surface area contributed by atoms with E-state index in [-0.39, 0.29) is 6.04 Å². The molecule has 0 spiro atoms. The molecule has 1 N–H and O–H groups in total. The molecule has 0 saturated carbocycles. The number of hydrogen-bond donors (Lipinski definition) is 1.